The minimum atomic E-state index is -0.340. The van der Waals surface area contributed by atoms with E-state index in [1.807, 2.05) is 0 Å². The van der Waals surface area contributed by atoms with Crippen molar-refractivity contribution in [2.75, 3.05) is 13.7 Å². The predicted octanol–water partition coefficient (Wildman–Crippen LogP) is 2.20. The van der Waals surface area contributed by atoms with E-state index in [4.69, 9.17) is 9.47 Å². The van der Waals surface area contributed by atoms with Crippen molar-refractivity contribution in [3.8, 4) is 5.75 Å². The molecule has 110 valence electrons. The molecule has 5 heteroatoms. The van der Waals surface area contributed by atoms with Crippen LogP contribution in [0, 0.1) is 12.7 Å². The third-order valence-corrected chi connectivity index (χ3v) is 3.30. The highest BCUT2D eigenvalue weighted by Crippen LogP contribution is 2.21. The van der Waals surface area contributed by atoms with Crippen molar-refractivity contribution in [2.24, 2.45) is 0 Å². The first-order chi connectivity index (χ1) is 9.60. The van der Waals surface area contributed by atoms with Crippen LogP contribution in [0.15, 0.2) is 18.2 Å². The maximum Gasteiger partial charge on any atom is 0.322 e. The first-order valence-corrected chi connectivity index (χ1v) is 6.83. The van der Waals surface area contributed by atoms with E-state index in [1.165, 1.54) is 19.2 Å². The number of aryl methyl sites for hydroxylation is 1. The fourth-order valence-corrected chi connectivity index (χ4v) is 2.01. The van der Waals surface area contributed by atoms with Gasteiger partial charge in [-0.1, -0.05) is 0 Å². The number of ether oxygens (including phenoxy) is 2. The Balaban J connectivity index is 1.84. The van der Waals surface area contributed by atoms with Crippen LogP contribution >= 0.6 is 0 Å². The average Bonchev–Trinajstić information content (AvgIpc) is 3.23. The SMILES string of the molecule is COC(=O)C(CCOc1ccc(F)cc1C)NC1CC1. The maximum absolute atomic E-state index is 13.0. The molecule has 1 unspecified atom stereocenters. The van der Waals surface area contributed by atoms with Crippen LogP contribution in [0.25, 0.3) is 0 Å². The van der Waals surface area contributed by atoms with E-state index in [0.717, 1.165) is 18.4 Å². The van der Waals surface area contributed by atoms with Crippen molar-refractivity contribution in [3.05, 3.63) is 29.6 Å². The van der Waals surface area contributed by atoms with Gasteiger partial charge in [0.2, 0.25) is 0 Å². The van der Waals surface area contributed by atoms with Gasteiger partial charge in [-0.05, 0) is 43.5 Å². The Morgan fingerprint density at radius 3 is 2.85 bits per heavy atom. The molecule has 0 spiro atoms. The minimum absolute atomic E-state index is 0.267. The van der Waals surface area contributed by atoms with Gasteiger partial charge in [-0.3, -0.25) is 4.79 Å². The molecule has 1 N–H and O–H groups in total. The summed E-state index contributed by atoms with van der Waals surface area (Å²) in [5, 5.41) is 3.24. The normalized spacial score (nSPS) is 15.8. The van der Waals surface area contributed by atoms with E-state index in [1.54, 1.807) is 13.0 Å². The number of hydrogen-bond donors (Lipinski definition) is 1. The molecule has 1 fully saturated rings. The van der Waals surface area contributed by atoms with Crippen molar-refractivity contribution < 1.29 is 18.7 Å². The largest absolute Gasteiger partial charge is 0.493 e. The molecule has 0 aliphatic heterocycles. The summed E-state index contributed by atoms with van der Waals surface area (Å²) in [6.07, 6.45) is 2.73. The molecule has 0 saturated heterocycles. The fraction of sp³-hybridized carbons (Fsp3) is 0.533. The lowest BCUT2D eigenvalue weighted by atomic mass is 10.2. The van der Waals surface area contributed by atoms with Crippen LogP contribution in [0.3, 0.4) is 0 Å². The molecule has 1 aromatic carbocycles. The lowest BCUT2D eigenvalue weighted by molar-refractivity contribution is -0.143. The molecule has 0 aromatic heterocycles. The summed E-state index contributed by atoms with van der Waals surface area (Å²) in [5.41, 5.74) is 0.745. The molecule has 0 heterocycles. The van der Waals surface area contributed by atoms with Gasteiger partial charge in [-0.25, -0.2) is 4.39 Å². The molecule has 0 bridgehead atoms. The zero-order chi connectivity index (χ0) is 14.5. The van der Waals surface area contributed by atoms with E-state index in [9.17, 15) is 9.18 Å². The van der Waals surface area contributed by atoms with Crippen LogP contribution in [0.2, 0.25) is 0 Å². The summed E-state index contributed by atoms with van der Waals surface area (Å²) in [6, 6.07) is 4.48. The average molecular weight is 281 g/mol. The van der Waals surface area contributed by atoms with Gasteiger partial charge in [0.1, 0.15) is 17.6 Å². The van der Waals surface area contributed by atoms with Crippen molar-refractivity contribution in [3.63, 3.8) is 0 Å². The van der Waals surface area contributed by atoms with Gasteiger partial charge < -0.3 is 14.8 Å². The highest BCUT2D eigenvalue weighted by Gasteiger charge is 2.28. The smallest absolute Gasteiger partial charge is 0.322 e. The second kappa shape index (κ2) is 6.70. The maximum atomic E-state index is 13.0. The summed E-state index contributed by atoms with van der Waals surface area (Å²) >= 11 is 0. The van der Waals surface area contributed by atoms with Crippen LogP contribution in [0.1, 0.15) is 24.8 Å². The number of benzene rings is 1. The van der Waals surface area contributed by atoms with Crippen LogP contribution in [-0.2, 0) is 9.53 Å². The van der Waals surface area contributed by atoms with Gasteiger partial charge in [-0.15, -0.1) is 0 Å². The number of carbonyl (C=O) groups is 1. The Hall–Kier alpha value is -1.62. The highest BCUT2D eigenvalue weighted by molar-refractivity contribution is 5.75. The first kappa shape index (κ1) is 14.8. The van der Waals surface area contributed by atoms with Crippen LogP contribution in [0.4, 0.5) is 4.39 Å². The van der Waals surface area contributed by atoms with E-state index in [0.29, 0.717) is 24.8 Å². The second-order valence-electron chi connectivity index (χ2n) is 5.06. The zero-order valence-corrected chi connectivity index (χ0v) is 11.8. The predicted molar refractivity (Wildman–Crippen MR) is 73.2 cm³/mol. The highest BCUT2D eigenvalue weighted by atomic mass is 19.1. The molecule has 20 heavy (non-hydrogen) atoms. The number of esters is 1. The molecule has 0 radical (unpaired) electrons. The number of halogens is 1. The molecule has 1 aliphatic rings. The Bertz CT molecular complexity index is 474. The third-order valence-electron chi connectivity index (χ3n) is 3.30. The number of hydrogen-bond acceptors (Lipinski definition) is 4. The molecule has 4 nitrogen and oxygen atoms in total. The summed E-state index contributed by atoms with van der Waals surface area (Å²) in [5.74, 6) is 0.0930. The Kier molecular flexibility index (Phi) is 4.95. The van der Waals surface area contributed by atoms with Crippen molar-refractivity contribution in [2.45, 2.75) is 38.3 Å². The first-order valence-electron chi connectivity index (χ1n) is 6.83. The molecule has 0 amide bonds. The standard InChI is InChI=1S/C15H20FNO3/c1-10-9-11(16)3-6-14(10)20-8-7-13(15(18)19-2)17-12-4-5-12/h3,6,9,12-13,17H,4-5,7-8H2,1-2H3. The molecule has 1 aliphatic carbocycles. The van der Waals surface area contributed by atoms with Gasteiger partial charge in [-0.2, -0.15) is 0 Å². The third kappa shape index (κ3) is 4.20. The quantitative estimate of drug-likeness (QED) is 0.778. The van der Waals surface area contributed by atoms with E-state index >= 15 is 0 Å². The van der Waals surface area contributed by atoms with Crippen LogP contribution in [-0.4, -0.2) is 31.8 Å². The summed E-state index contributed by atoms with van der Waals surface area (Å²) in [7, 11) is 1.38. The van der Waals surface area contributed by atoms with E-state index < -0.39 is 0 Å². The monoisotopic (exact) mass is 281 g/mol. The van der Waals surface area contributed by atoms with Gasteiger partial charge in [0.25, 0.3) is 0 Å². The summed E-state index contributed by atoms with van der Waals surface area (Å²) in [4.78, 5) is 11.6. The number of methoxy groups -OCH3 is 1. The van der Waals surface area contributed by atoms with Gasteiger partial charge in [0.15, 0.2) is 0 Å². The Morgan fingerprint density at radius 2 is 2.25 bits per heavy atom. The number of nitrogens with one attached hydrogen (secondary N) is 1. The van der Waals surface area contributed by atoms with Crippen molar-refractivity contribution in [1.29, 1.82) is 0 Å². The summed E-state index contributed by atoms with van der Waals surface area (Å²) in [6.45, 7) is 2.17. The van der Waals surface area contributed by atoms with E-state index in [2.05, 4.69) is 5.32 Å². The fourth-order valence-electron chi connectivity index (χ4n) is 2.01. The van der Waals surface area contributed by atoms with Crippen molar-refractivity contribution >= 4 is 5.97 Å². The van der Waals surface area contributed by atoms with E-state index in [-0.39, 0.29) is 17.8 Å². The molecular formula is C15H20FNO3. The van der Waals surface area contributed by atoms with Crippen LogP contribution in [0.5, 0.6) is 5.75 Å². The molecular weight excluding hydrogens is 261 g/mol. The number of rotatable bonds is 7. The Morgan fingerprint density at radius 1 is 1.50 bits per heavy atom. The van der Waals surface area contributed by atoms with Gasteiger partial charge >= 0.3 is 5.97 Å². The Labute approximate surface area is 118 Å². The molecule has 2 rings (SSSR count). The molecule has 1 saturated carbocycles. The second-order valence-corrected chi connectivity index (χ2v) is 5.06. The molecule has 1 aromatic rings. The zero-order valence-electron chi connectivity index (χ0n) is 11.8. The topological polar surface area (TPSA) is 47.6 Å². The molecule has 1 atom stereocenters. The van der Waals surface area contributed by atoms with Gasteiger partial charge in [0.05, 0.1) is 13.7 Å². The lowest BCUT2D eigenvalue weighted by Gasteiger charge is -2.17. The lowest BCUT2D eigenvalue weighted by Crippen LogP contribution is -2.40. The van der Waals surface area contributed by atoms with Crippen molar-refractivity contribution in [1.82, 2.24) is 5.32 Å². The van der Waals surface area contributed by atoms with Crippen LogP contribution < -0.4 is 10.1 Å². The summed E-state index contributed by atoms with van der Waals surface area (Å²) < 4.78 is 23.4. The number of carbonyl (C=O) groups excluding carboxylic acids is 1. The van der Waals surface area contributed by atoms with Gasteiger partial charge in [0, 0.05) is 12.5 Å². The minimum Gasteiger partial charge on any atom is -0.493 e.